The van der Waals surface area contributed by atoms with Gasteiger partial charge in [0.25, 0.3) is 0 Å². The molecule has 0 aromatic heterocycles. The lowest BCUT2D eigenvalue weighted by atomic mass is 9.88. The molecule has 1 aromatic carbocycles. The van der Waals surface area contributed by atoms with Crippen molar-refractivity contribution < 1.29 is 4.79 Å². The molecule has 1 aliphatic heterocycles. The highest BCUT2D eigenvalue weighted by Crippen LogP contribution is 2.26. The van der Waals surface area contributed by atoms with Gasteiger partial charge in [-0.15, -0.1) is 0 Å². The molecule has 114 valence electrons. The molecule has 1 saturated heterocycles. The Bertz CT molecular complexity index is 489. The van der Waals surface area contributed by atoms with Crippen LogP contribution in [-0.2, 0) is 4.79 Å². The summed E-state index contributed by atoms with van der Waals surface area (Å²) in [6.07, 6.45) is 5.93. The van der Waals surface area contributed by atoms with Crippen molar-refractivity contribution in [2.45, 2.75) is 32.1 Å². The largest absolute Gasteiger partial charge is 0.399 e. The average Bonchev–Trinajstić information content (AvgIpc) is 2.55. The first kappa shape index (κ1) is 14.2. The Labute approximate surface area is 126 Å². The van der Waals surface area contributed by atoms with E-state index in [1.807, 2.05) is 18.2 Å². The lowest BCUT2D eigenvalue weighted by Gasteiger charge is -2.38. The molecule has 0 bridgehead atoms. The van der Waals surface area contributed by atoms with E-state index in [-0.39, 0.29) is 5.92 Å². The van der Waals surface area contributed by atoms with E-state index in [2.05, 4.69) is 15.9 Å². The van der Waals surface area contributed by atoms with Crippen LogP contribution in [0.5, 0.6) is 0 Å². The van der Waals surface area contributed by atoms with Crippen molar-refractivity contribution in [1.29, 1.82) is 0 Å². The number of hydrogen-bond donors (Lipinski definition) is 1. The fourth-order valence-electron chi connectivity index (χ4n) is 3.51. The molecule has 21 heavy (non-hydrogen) atoms. The van der Waals surface area contributed by atoms with Crippen molar-refractivity contribution in [2.75, 3.05) is 36.8 Å². The Morgan fingerprint density at radius 3 is 2.43 bits per heavy atom. The second-order valence-corrected chi connectivity index (χ2v) is 6.24. The molecule has 2 aliphatic rings. The Morgan fingerprint density at radius 1 is 1.05 bits per heavy atom. The highest BCUT2D eigenvalue weighted by molar-refractivity contribution is 5.79. The quantitative estimate of drug-likeness (QED) is 0.850. The van der Waals surface area contributed by atoms with Crippen LogP contribution >= 0.6 is 0 Å². The van der Waals surface area contributed by atoms with Gasteiger partial charge in [0.2, 0.25) is 5.91 Å². The SMILES string of the molecule is Nc1cccc(N2CCN(C(=O)C3CCCCC3)CC2)c1. The van der Waals surface area contributed by atoms with E-state index in [4.69, 9.17) is 5.73 Å². The normalized spacial score (nSPS) is 20.6. The van der Waals surface area contributed by atoms with E-state index in [0.717, 1.165) is 44.7 Å². The maximum atomic E-state index is 12.5. The third-order valence-corrected chi connectivity index (χ3v) is 4.78. The standard InChI is InChI=1S/C17H25N3O/c18-15-7-4-8-16(13-15)19-9-11-20(12-10-19)17(21)14-5-2-1-3-6-14/h4,7-8,13-14H,1-3,5-6,9-12,18H2. The minimum absolute atomic E-state index is 0.290. The van der Waals surface area contributed by atoms with Crippen LogP contribution in [0.1, 0.15) is 32.1 Å². The highest BCUT2D eigenvalue weighted by Gasteiger charge is 2.28. The molecule has 2 N–H and O–H groups in total. The summed E-state index contributed by atoms with van der Waals surface area (Å²) in [4.78, 5) is 16.9. The molecule has 0 radical (unpaired) electrons. The van der Waals surface area contributed by atoms with Crippen LogP contribution in [0.25, 0.3) is 0 Å². The molecule has 0 spiro atoms. The van der Waals surface area contributed by atoms with Crippen molar-refractivity contribution in [1.82, 2.24) is 4.90 Å². The van der Waals surface area contributed by atoms with Crippen molar-refractivity contribution in [3.63, 3.8) is 0 Å². The van der Waals surface area contributed by atoms with Crippen molar-refractivity contribution >= 4 is 17.3 Å². The van der Waals surface area contributed by atoms with E-state index < -0.39 is 0 Å². The second kappa shape index (κ2) is 6.37. The second-order valence-electron chi connectivity index (χ2n) is 6.24. The van der Waals surface area contributed by atoms with Gasteiger partial charge in [0, 0.05) is 43.5 Å². The molecular weight excluding hydrogens is 262 g/mol. The molecule has 4 heteroatoms. The average molecular weight is 287 g/mol. The van der Waals surface area contributed by atoms with Gasteiger partial charge in [-0.05, 0) is 31.0 Å². The number of hydrogen-bond acceptors (Lipinski definition) is 3. The van der Waals surface area contributed by atoms with Gasteiger partial charge in [0.05, 0.1) is 0 Å². The zero-order valence-corrected chi connectivity index (χ0v) is 12.6. The fraction of sp³-hybridized carbons (Fsp3) is 0.588. The van der Waals surface area contributed by atoms with Gasteiger partial charge in [-0.2, -0.15) is 0 Å². The topological polar surface area (TPSA) is 49.6 Å². The van der Waals surface area contributed by atoms with Gasteiger partial charge >= 0.3 is 0 Å². The number of nitrogens with two attached hydrogens (primary N) is 1. The van der Waals surface area contributed by atoms with Crippen LogP contribution in [0.2, 0.25) is 0 Å². The fourth-order valence-corrected chi connectivity index (χ4v) is 3.51. The van der Waals surface area contributed by atoms with E-state index in [1.54, 1.807) is 0 Å². The molecule has 0 atom stereocenters. The Morgan fingerprint density at radius 2 is 1.76 bits per heavy atom. The summed E-state index contributed by atoms with van der Waals surface area (Å²) in [6.45, 7) is 3.48. The molecule has 1 aromatic rings. The number of nitrogen functional groups attached to an aromatic ring is 1. The first-order chi connectivity index (χ1) is 10.2. The van der Waals surface area contributed by atoms with Gasteiger partial charge in [-0.3, -0.25) is 4.79 Å². The number of benzene rings is 1. The predicted molar refractivity (Wildman–Crippen MR) is 86.2 cm³/mol. The first-order valence-corrected chi connectivity index (χ1v) is 8.13. The molecular formula is C17H25N3O. The lowest BCUT2D eigenvalue weighted by Crippen LogP contribution is -2.50. The van der Waals surface area contributed by atoms with E-state index in [0.29, 0.717) is 5.91 Å². The van der Waals surface area contributed by atoms with Crippen LogP contribution in [-0.4, -0.2) is 37.0 Å². The van der Waals surface area contributed by atoms with E-state index in [9.17, 15) is 4.79 Å². The van der Waals surface area contributed by atoms with E-state index >= 15 is 0 Å². The maximum Gasteiger partial charge on any atom is 0.225 e. The maximum absolute atomic E-state index is 12.5. The third-order valence-electron chi connectivity index (χ3n) is 4.78. The molecule has 4 nitrogen and oxygen atoms in total. The first-order valence-electron chi connectivity index (χ1n) is 8.13. The zero-order chi connectivity index (χ0) is 14.7. The lowest BCUT2D eigenvalue weighted by molar-refractivity contribution is -0.136. The molecule has 0 unspecified atom stereocenters. The molecule has 2 fully saturated rings. The third kappa shape index (κ3) is 3.31. The number of carbonyl (C=O) groups excluding carboxylic acids is 1. The number of carbonyl (C=O) groups is 1. The molecule has 1 heterocycles. The summed E-state index contributed by atoms with van der Waals surface area (Å²) >= 11 is 0. The number of piperazine rings is 1. The zero-order valence-electron chi connectivity index (χ0n) is 12.6. The molecule has 3 rings (SSSR count). The summed E-state index contributed by atoms with van der Waals surface area (Å²) in [5.74, 6) is 0.680. The van der Waals surface area contributed by atoms with Crippen LogP contribution in [0.4, 0.5) is 11.4 Å². The van der Waals surface area contributed by atoms with Crippen LogP contribution in [0.15, 0.2) is 24.3 Å². The Hall–Kier alpha value is -1.71. The minimum Gasteiger partial charge on any atom is -0.399 e. The van der Waals surface area contributed by atoms with Crippen molar-refractivity contribution in [3.8, 4) is 0 Å². The van der Waals surface area contributed by atoms with Crippen molar-refractivity contribution in [2.24, 2.45) is 5.92 Å². The number of amides is 1. The van der Waals surface area contributed by atoms with Gasteiger partial charge < -0.3 is 15.5 Å². The number of nitrogens with zero attached hydrogens (tertiary/aromatic N) is 2. The van der Waals surface area contributed by atoms with Crippen LogP contribution < -0.4 is 10.6 Å². The summed E-state index contributed by atoms with van der Waals surface area (Å²) < 4.78 is 0. The molecule has 1 aliphatic carbocycles. The summed E-state index contributed by atoms with van der Waals surface area (Å²) in [5, 5.41) is 0. The minimum atomic E-state index is 0.290. The Balaban J connectivity index is 1.56. The summed E-state index contributed by atoms with van der Waals surface area (Å²) in [7, 11) is 0. The van der Waals surface area contributed by atoms with Gasteiger partial charge in [0.15, 0.2) is 0 Å². The van der Waals surface area contributed by atoms with Gasteiger partial charge in [-0.25, -0.2) is 0 Å². The van der Waals surface area contributed by atoms with Crippen LogP contribution in [0.3, 0.4) is 0 Å². The monoisotopic (exact) mass is 287 g/mol. The summed E-state index contributed by atoms with van der Waals surface area (Å²) in [6, 6.07) is 8.00. The Kier molecular flexibility index (Phi) is 4.32. The molecule has 1 saturated carbocycles. The smallest absolute Gasteiger partial charge is 0.225 e. The van der Waals surface area contributed by atoms with E-state index in [1.165, 1.54) is 24.9 Å². The van der Waals surface area contributed by atoms with Gasteiger partial charge in [0.1, 0.15) is 0 Å². The highest BCUT2D eigenvalue weighted by atomic mass is 16.2. The molecule has 1 amide bonds. The van der Waals surface area contributed by atoms with Crippen molar-refractivity contribution in [3.05, 3.63) is 24.3 Å². The summed E-state index contributed by atoms with van der Waals surface area (Å²) in [5.41, 5.74) is 7.81. The number of rotatable bonds is 2. The van der Waals surface area contributed by atoms with Crippen LogP contribution in [0, 0.1) is 5.92 Å². The van der Waals surface area contributed by atoms with Gasteiger partial charge in [-0.1, -0.05) is 25.3 Å². The number of anilines is 2. The predicted octanol–water partition coefficient (Wildman–Crippen LogP) is 2.50.